The summed E-state index contributed by atoms with van der Waals surface area (Å²) in [7, 11) is 0. The lowest BCUT2D eigenvalue weighted by molar-refractivity contribution is 0.0919. The normalized spacial score (nSPS) is 33.1. The Morgan fingerprint density at radius 3 is 3.07 bits per heavy atom. The van der Waals surface area contributed by atoms with Crippen molar-refractivity contribution < 1.29 is 0 Å². The second-order valence-corrected chi connectivity index (χ2v) is 5.46. The third-order valence-electron chi connectivity index (χ3n) is 3.60. The van der Waals surface area contributed by atoms with Crippen molar-refractivity contribution in [2.24, 2.45) is 11.7 Å². The van der Waals surface area contributed by atoms with Crippen molar-refractivity contribution in [3.8, 4) is 0 Å². The van der Waals surface area contributed by atoms with E-state index in [-0.39, 0.29) is 0 Å². The summed E-state index contributed by atoms with van der Waals surface area (Å²) in [6, 6.07) is 0.952. The molecule has 1 saturated heterocycles. The summed E-state index contributed by atoms with van der Waals surface area (Å²) < 4.78 is 0. The number of rotatable bonds is 2. The maximum Gasteiger partial charge on any atom is 0.0794 e. The van der Waals surface area contributed by atoms with Gasteiger partial charge in [-0.15, -0.1) is 11.3 Å². The van der Waals surface area contributed by atoms with Crippen LogP contribution in [0.2, 0.25) is 0 Å². The topological polar surface area (TPSA) is 42.1 Å². The van der Waals surface area contributed by atoms with Crippen LogP contribution >= 0.6 is 11.3 Å². The largest absolute Gasteiger partial charge is 0.327 e. The Morgan fingerprint density at radius 1 is 1.60 bits per heavy atom. The monoisotopic (exact) mass is 225 g/mol. The third kappa shape index (κ3) is 2.38. The quantitative estimate of drug-likeness (QED) is 0.833. The molecule has 0 radical (unpaired) electrons. The van der Waals surface area contributed by atoms with Crippen LogP contribution in [0.4, 0.5) is 0 Å². The first kappa shape index (κ1) is 11.0. The fourth-order valence-electron chi connectivity index (χ4n) is 2.22. The van der Waals surface area contributed by atoms with Gasteiger partial charge >= 0.3 is 0 Å². The van der Waals surface area contributed by atoms with Crippen LogP contribution in [-0.4, -0.2) is 28.5 Å². The highest BCUT2D eigenvalue weighted by molar-refractivity contribution is 7.09. The zero-order valence-electron chi connectivity index (χ0n) is 9.39. The van der Waals surface area contributed by atoms with E-state index in [4.69, 9.17) is 5.73 Å². The molecule has 0 spiro atoms. The molecule has 0 bridgehead atoms. The fraction of sp³-hybridized carbons (Fsp3) is 0.727. The second kappa shape index (κ2) is 4.60. The molecule has 1 fully saturated rings. The first-order valence-corrected chi connectivity index (χ1v) is 6.43. The highest BCUT2D eigenvalue weighted by atomic mass is 32.1. The maximum atomic E-state index is 6.07. The minimum Gasteiger partial charge on any atom is -0.327 e. The highest BCUT2D eigenvalue weighted by Gasteiger charge is 2.30. The Hall–Kier alpha value is -0.450. The van der Waals surface area contributed by atoms with Crippen molar-refractivity contribution in [3.63, 3.8) is 0 Å². The first-order chi connectivity index (χ1) is 7.18. The third-order valence-corrected chi connectivity index (χ3v) is 4.37. The average Bonchev–Trinajstić information content (AvgIpc) is 2.72. The number of aromatic nitrogens is 1. The van der Waals surface area contributed by atoms with Gasteiger partial charge in [-0.2, -0.15) is 0 Å². The van der Waals surface area contributed by atoms with Gasteiger partial charge in [0.1, 0.15) is 0 Å². The van der Waals surface area contributed by atoms with Gasteiger partial charge in [0.15, 0.2) is 0 Å². The van der Waals surface area contributed by atoms with Crippen LogP contribution in [0.15, 0.2) is 11.7 Å². The number of piperidine rings is 1. The van der Waals surface area contributed by atoms with E-state index in [9.17, 15) is 0 Å². The number of likely N-dealkylation sites (tertiary alicyclic amines) is 1. The summed E-state index contributed by atoms with van der Waals surface area (Å²) in [5, 5.41) is 0. The molecule has 3 nitrogen and oxygen atoms in total. The SMILES string of the molecule is CC1C(N)CCN(Cc2cncs2)C1C. The molecular weight excluding hydrogens is 206 g/mol. The predicted octanol–water partition coefficient (Wildman–Crippen LogP) is 1.70. The van der Waals surface area contributed by atoms with E-state index in [0.29, 0.717) is 18.0 Å². The summed E-state index contributed by atoms with van der Waals surface area (Å²) in [6.07, 6.45) is 3.08. The number of nitrogens with zero attached hydrogens (tertiary/aromatic N) is 2. The van der Waals surface area contributed by atoms with Gasteiger partial charge in [0.2, 0.25) is 0 Å². The van der Waals surface area contributed by atoms with Crippen molar-refractivity contribution in [2.75, 3.05) is 6.54 Å². The zero-order chi connectivity index (χ0) is 10.8. The van der Waals surface area contributed by atoms with Crippen LogP contribution in [0.5, 0.6) is 0 Å². The molecule has 0 aromatic carbocycles. The number of thiazole rings is 1. The molecule has 1 aromatic rings. The minimum absolute atomic E-state index is 0.373. The first-order valence-electron chi connectivity index (χ1n) is 5.55. The molecule has 1 aliphatic rings. The average molecular weight is 225 g/mol. The van der Waals surface area contributed by atoms with E-state index in [1.165, 1.54) is 4.88 Å². The van der Waals surface area contributed by atoms with Crippen LogP contribution in [0, 0.1) is 5.92 Å². The van der Waals surface area contributed by atoms with Crippen LogP contribution in [0.3, 0.4) is 0 Å². The molecular formula is C11H19N3S. The van der Waals surface area contributed by atoms with Crippen molar-refractivity contribution in [3.05, 3.63) is 16.6 Å². The van der Waals surface area contributed by atoms with E-state index in [2.05, 4.69) is 23.7 Å². The van der Waals surface area contributed by atoms with Crippen molar-refractivity contribution >= 4 is 11.3 Å². The second-order valence-electron chi connectivity index (χ2n) is 4.49. The van der Waals surface area contributed by atoms with E-state index in [1.54, 1.807) is 11.3 Å². The Balaban J connectivity index is 1.98. The lowest BCUT2D eigenvalue weighted by atomic mass is 9.88. The molecule has 2 heterocycles. The highest BCUT2D eigenvalue weighted by Crippen LogP contribution is 2.24. The molecule has 0 amide bonds. The van der Waals surface area contributed by atoms with E-state index in [1.807, 2.05) is 11.7 Å². The van der Waals surface area contributed by atoms with Crippen molar-refractivity contribution in [1.82, 2.24) is 9.88 Å². The van der Waals surface area contributed by atoms with Gasteiger partial charge in [-0.05, 0) is 19.3 Å². The number of hydrogen-bond acceptors (Lipinski definition) is 4. The fourth-order valence-corrected chi connectivity index (χ4v) is 2.83. The van der Waals surface area contributed by atoms with Gasteiger partial charge in [0.05, 0.1) is 5.51 Å². The van der Waals surface area contributed by atoms with Crippen LogP contribution in [0.1, 0.15) is 25.1 Å². The van der Waals surface area contributed by atoms with Crippen LogP contribution < -0.4 is 5.73 Å². The summed E-state index contributed by atoms with van der Waals surface area (Å²) in [5.41, 5.74) is 7.97. The van der Waals surface area contributed by atoms with E-state index < -0.39 is 0 Å². The zero-order valence-corrected chi connectivity index (χ0v) is 10.2. The van der Waals surface area contributed by atoms with Gasteiger partial charge in [-0.3, -0.25) is 9.88 Å². The number of hydrogen-bond donors (Lipinski definition) is 1. The summed E-state index contributed by atoms with van der Waals surface area (Å²) in [6.45, 7) is 6.69. The molecule has 0 saturated carbocycles. The Kier molecular flexibility index (Phi) is 3.38. The maximum absolute atomic E-state index is 6.07. The molecule has 1 aliphatic heterocycles. The smallest absolute Gasteiger partial charge is 0.0794 e. The lowest BCUT2D eigenvalue weighted by Gasteiger charge is -2.41. The predicted molar refractivity (Wildman–Crippen MR) is 63.7 cm³/mol. The summed E-state index contributed by atoms with van der Waals surface area (Å²) in [4.78, 5) is 7.98. The standard InChI is InChI=1S/C11H19N3S/c1-8-9(2)14(4-3-11(8)12)6-10-5-13-7-15-10/h5,7-9,11H,3-4,6,12H2,1-2H3. The van der Waals surface area contributed by atoms with E-state index in [0.717, 1.165) is 19.5 Å². The van der Waals surface area contributed by atoms with Gasteiger partial charge in [0, 0.05) is 36.2 Å². The van der Waals surface area contributed by atoms with Crippen molar-refractivity contribution in [1.29, 1.82) is 0 Å². The number of nitrogens with two attached hydrogens (primary N) is 1. The molecule has 1 aromatic heterocycles. The van der Waals surface area contributed by atoms with Gasteiger partial charge in [-0.1, -0.05) is 6.92 Å². The molecule has 2 N–H and O–H groups in total. The van der Waals surface area contributed by atoms with Crippen LogP contribution in [0.25, 0.3) is 0 Å². The van der Waals surface area contributed by atoms with Gasteiger partial charge in [0.25, 0.3) is 0 Å². The molecule has 15 heavy (non-hydrogen) atoms. The Morgan fingerprint density at radius 2 is 2.40 bits per heavy atom. The summed E-state index contributed by atoms with van der Waals surface area (Å²) >= 11 is 1.74. The molecule has 4 heteroatoms. The molecule has 3 unspecified atom stereocenters. The lowest BCUT2D eigenvalue weighted by Crippen LogP contribution is -2.51. The van der Waals surface area contributed by atoms with Crippen LogP contribution in [-0.2, 0) is 6.54 Å². The Bertz CT molecular complexity index is 299. The molecule has 3 atom stereocenters. The molecule has 84 valence electrons. The summed E-state index contributed by atoms with van der Waals surface area (Å²) in [5.74, 6) is 0.590. The van der Waals surface area contributed by atoms with Gasteiger partial charge in [-0.25, -0.2) is 0 Å². The molecule has 0 aliphatic carbocycles. The molecule has 2 rings (SSSR count). The van der Waals surface area contributed by atoms with Crippen molar-refractivity contribution in [2.45, 2.75) is 38.9 Å². The Labute approximate surface area is 95.3 Å². The van der Waals surface area contributed by atoms with Gasteiger partial charge < -0.3 is 5.73 Å². The van der Waals surface area contributed by atoms with E-state index >= 15 is 0 Å². The minimum atomic E-state index is 0.373.